The van der Waals surface area contributed by atoms with E-state index in [2.05, 4.69) is 29.5 Å². The Balaban J connectivity index is 1.91. The largest absolute Gasteiger partial charge is 0.444 e. The fraction of sp³-hybridized carbons (Fsp3) is 0.421. The van der Waals surface area contributed by atoms with Gasteiger partial charge in [0.25, 0.3) is 0 Å². The molecule has 0 bridgehead atoms. The van der Waals surface area contributed by atoms with Crippen LogP contribution in [-0.4, -0.2) is 22.6 Å². The van der Waals surface area contributed by atoms with E-state index in [-0.39, 0.29) is 22.8 Å². The molecule has 0 radical (unpaired) electrons. The summed E-state index contributed by atoms with van der Waals surface area (Å²) >= 11 is 0. The average Bonchev–Trinajstić information content (AvgIpc) is 2.95. The first-order valence-electron chi connectivity index (χ1n) is 8.49. The van der Waals surface area contributed by atoms with Crippen LogP contribution in [0.25, 0.3) is 0 Å². The highest BCUT2D eigenvalue weighted by Gasteiger charge is 2.21. The van der Waals surface area contributed by atoms with Crippen molar-refractivity contribution in [3.63, 3.8) is 0 Å². The minimum atomic E-state index is -0.547. The van der Waals surface area contributed by atoms with Gasteiger partial charge in [0.2, 0.25) is 5.91 Å². The summed E-state index contributed by atoms with van der Waals surface area (Å²) in [5.74, 6) is -0.0987. The van der Waals surface area contributed by atoms with Gasteiger partial charge in [0.1, 0.15) is 10.9 Å². The van der Waals surface area contributed by atoms with Crippen LogP contribution in [0.3, 0.4) is 0 Å². The molecule has 26 heavy (non-hydrogen) atoms. The Hall–Kier alpha value is -2.41. The second-order valence-electron chi connectivity index (χ2n) is 7.19. The number of rotatable bonds is 5. The SMILES string of the molecule is CC(C)[s+]1ccnc1NC(=O)Cc1ccc(NC(=O)OC(C)(C)C)cc1. The molecule has 0 aliphatic rings. The summed E-state index contributed by atoms with van der Waals surface area (Å²) in [6, 6.07) is 7.12. The molecule has 1 unspecified atom stereocenters. The zero-order valence-electron chi connectivity index (χ0n) is 15.8. The zero-order chi connectivity index (χ0) is 19.3. The summed E-state index contributed by atoms with van der Waals surface area (Å²) in [6.07, 6.45) is 1.49. The third-order valence-corrected chi connectivity index (χ3v) is 5.43. The number of ether oxygens (including phenoxy) is 1. The van der Waals surface area contributed by atoms with E-state index in [1.165, 1.54) is 0 Å². The van der Waals surface area contributed by atoms with Gasteiger partial charge in [-0.1, -0.05) is 12.1 Å². The molecule has 0 aliphatic heterocycles. The molecule has 0 aliphatic carbocycles. The number of carbonyl (C=O) groups is 2. The first-order chi connectivity index (χ1) is 12.1. The molecule has 0 spiro atoms. The number of hydrogen-bond donors (Lipinski definition) is 2. The molecule has 7 heteroatoms. The number of amides is 2. The lowest BCUT2D eigenvalue weighted by Gasteiger charge is -2.19. The van der Waals surface area contributed by atoms with Gasteiger partial charge in [-0.2, -0.15) is 4.98 Å². The molecule has 0 fully saturated rings. The molecule has 1 aromatic heterocycles. The Morgan fingerprint density at radius 3 is 2.38 bits per heavy atom. The summed E-state index contributed by atoms with van der Waals surface area (Å²) in [6.45, 7) is 9.64. The molecular formula is C19H26N3O3S+. The van der Waals surface area contributed by atoms with Gasteiger partial charge in [0.15, 0.2) is 5.38 Å². The molecule has 0 saturated heterocycles. The van der Waals surface area contributed by atoms with Crippen LogP contribution in [0.4, 0.5) is 15.6 Å². The van der Waals surface area contributed by atoms with Crippen LogP contribution in [-0.2, 0) is 16.0 Å². The molecule has 2 N–H and O–H groups in total. The highest BCUT2D eigenvalue weighted by atomic mass is 32.2. The van der Waals surface area contributed by atoms with Gasteiger partial charge in [-0.15, -0.1) is 0 Å². The number of nitrogens with zero attached hydrogens (tertiary/aromatic N) is 1. The van der Waals surface area contributed by atoms with E-state index in [1.807, 2.05) is 38.3 Å². The number of carbonyl (C=O) groups excluding carboxylic acids is 2. The van der Waals surface area contributed by atoms with Crippen LogP contribution in [0, 0.1) is 0 Å². The predicted molar refractivity (Wildman–Crippen MR) is 106 cm³/mol. The molecule has 0 saturated carbocycles. The van der Waals surface area contributed by atoms with Crippen LogP contribution in [0.15, 0.2) is 35.8 Å². The highest BCUT2D eigenvalue weighted by Crippen LogP contribution is 2.37. The van der Waals surface area contributed by atoms with Gasteiger partial charge < -0.3 is 4.74 Å². The molecule has 2 amide bonds. The Morgan fingerprint density at radius 1 is 1.15 bits per heavy atom. The number of anilines is 2. The fourth-order valence-corrected chi connectivity index (χ4v) is 3.73. The van der Waals surface area contributed by atoms with E-state index in [0.29, 0.717) is 10.9 Å². The van der Waals surface area contributed by atoms with E-state index < -0.39 is 11.7 Å². The third kappa shape index (κ3) is 6.15. The standard InChI is InChI=1S/C19H25N3O3S/c1-13(2)26-11-10-20-17(26)22-16(23)12-14-6-8-15(9-7-14)21-18(24)25-19(3,4)5/h6-11,13H,12H2,1-5H3,(H-,20,21,22,23,24)/p+1. The van der Waals surface area contributed by atoms with Crippen molar-refractivity contribution < 1.29 is 14.3 Å². The molecule has 140 valence electrons. The molecule has 2 rings (SSSR count). The maximum absolute atomic E-state index is 12.3. The Labute approximate surface area is 157 Å². The van der Waals surface area contributed by atoms with Crippen LogP contribution >= 0.6 is 10.5 Å². The molecule has 6 nitrogen and oxygen atoms in total. The lowest BCUT2D eigenvalue weighted by molar-refractivity contribution is -0.115. The van der Waals surface area contributed by atoms with Crippen molar-refractivity contribution in [2.24, 2.45) is 0 Å². The van der Waals surface area contributed by atoms with Crippen molar-refractivity contribution in [3.05, 3.63) is 41.4 Å². The van der Waals surface area contributed by atoms with Crippen LogP contribution in [0.1, 0.15) is 45.4 Å². The van der Waals surface area contributed by atoms with Crippen molar-refractivity contribution in [1.29, 1.82) is 0 Å². The second kappa shape index (κ2) is 8.31. The van der Waals surface area contributed by atoms with E-state index in [1.54, 1.807) is 18.3 Å². The minimum Gasteiger partial charge on any atom is -0.444 e. The van der Waals surface area contributed by atoms with Crippen LogP contribution < -0.4 is 10.6 Å². The Morgan fingerprint density at radius 2 is 1.81 bits per heavy atom. The lowest BCUT2D eigenvalue weighted by atomic mass is 10.1. The molecule has 1 heterocycles. The van der Waals surface area contributed by atoms with Crippen molar-refractivity contribution in [2.45, 2.75) is 51.9 Å². The van der Waals surface area contributed by atoms with E-state index in [9.17, 15) is 9.59 Å². The average molecular weight is 377 g/mol. The minimum absolute atomic E-state index is 0.0987. The quantitative estimate of drug-likeness (QED) is 0.724. The van der Waals surface area contributed by atoms with Crippen molar-refractivity contribution in [3.8, 4) is 0 Å². The normalized spacial score (nSPS) is 12.0. The lowest BCUT2D eigenvalue weighted by Crippen LogP contribution is -2.27. The monoisotopic (exact) mass is 376 g/mol. The van der Waals surface area contributed by atoms with E-state index >= 15 is 0 Å². The topological polar surface area (TPSA) is 80.3 Å². The van der Waals surface area contributed by atoms with Crippen molar-refractivity contribution >= 4 is 33.3 Å². The van der Waals surface area contributed by atoms with Gasteiger partial charge in [-0.3, -0.25) is 15.4 Å². The van der Waals surface area contributed by atoms with Gasteiger partial charge >= 0.3 is 11.2 Å². The van der Waals surface area contributed by atoms with E-state index in [0.717, 1.165) is 10.7 Å². The van der Waals surface area contributed by atoms with Crippen molar-refractivity contribution in [2.75, 3.05) is 10.6 Å². The van der Waals surface area contributed by atoms with Gasteiger partial charge in [0.05, 0.1) is 12.6 Å². The van der Waals surface area contributed by atoms with E-state index in [4.69, 9.17) is 4.74 Å². The highest BCUT2D eigenvalue weighted by molar-refractivity contribution is 7.33. The maximum Gasteiger partial charge on any atom is 0.412 e. The summed E-state index contributed by atoms with van der Waals surface area (Å²) in [4.78, 5) is 28.3. The summed E-state index contributed by atoms with van der Waals surface area (Å²) < 4.78 is 5.21. The first kappa shape index (κ1) is 19.9. The van der Waals surface area contributed by atoms with Crippen LogP contribution in [0.2, 0.25) is 0 Å². The van der Waals surface area contributed by atoms with Gasteiger partial charge in [-0.05, 0) is 52.3 Å². The smallest absolute Gasteiger partial charge is 0.412 e. The number of nitrogens with one attached hydrogen (secondary N) is 2. The molecule has 1 aromatic carbocycles. The number of hydrogen-bond acceptors (Lipinski definition) is 4. The van der Waals surface area contributed by atoms with Crippen molar-refractivity contribution in [1.82, 2.24) is 4.98 Å². The summed E-state index contributed by atoms with van der Waals surface area (Å²) in [7, 11) is -0.138. The Bertz CT molecular complexity index is 761. The fourth-order valence-electron chi connectivity index (χ4n) is 2.24. The molecule has 1 atom stereocenters. The summed E-state index contributed by atoms with van der Waals surface area (Å²) in [5.41, 5.74) is 0.927. The summed E-state index contributed by atoms with van der Waals surface area (Å²) in [5, 5.41) is 8.73. The number of aromatic nitrogens is 1. The van der Waals surface area contributed by atoms with Gasteiger partial charge in [-0.25, -0.2) is 4.79 Å². The van der Waals surface area contributed by atoms with Gasteiger partial charge in [0, 0.05) is 16.2 Å². The maximum atomic E-state index is 12.3. The number of thiazole rings is 1. The Kier molecular flexibility index (Phi) is 6.37. The first-order valence-corrected chi connectivity index (χ1v) is 9.84. The molecule has 2 aromatic rings. The second-order valence-corrected chi connectivity index (χ2v) is 9.53. The predicted octanol–water partition coefficient (Wildman–Crippen LogP) is 4.94. The number of benzene rings is 1. The third-order valence-electron chi connectivity index (χ3n) is 3.34. The van der Waals surface area contributed by atoms with Crippen LogP contribution in [0.5, 0.6) is 0 Å². The zero-order valence-corrected chi connectivity index (χ0v) is 16.6. The molecular weight excluding hydrogens is 350 g/mol.